The minimum atomic E-state index is -0.253. The smallest absolute Gasteiger partial charge is 0.306 e. The highest BCUT2D eigenvalue weighted by Gasteiger charge is 2.11. The molecule has 0 fully saturated rings. The SMILES string of the molecule is CCN(CC)c1nc(Cl)nc(SCCC(=O)OC)n1. The molecule has 1 aromatic heterocycles. The summed E-state index contributed by atoms with van der Waals surface area (Å²) in [5, 5.41) is 0.684. The van der Waals surface area contributed by atoms with Crippen LogP contribution < -0.4 is 4.90 Å². The van der Waals surface area contributed by atoms with E-state index in [9.17, 15) is 4.79 Å². The number of methoxy groups -OCH3 is 1. The van der Waals surface area contributed by atoms with Crippen LogP contribution in [-0.2, 0) is 9.53 Å². The zero-order valence-electron chi connectivity index (χ0n) is 11.2. The number of anilines is 1. The summed E-state index contributed by atoms with van der Waals surface area (Å²) in [5.74, 6) is 0.854. The number of esters is 1. The van der Waals surface area contributed by atoms with E-state index in [-0.39, 0.29) is 11.3 Å². The van der Waals surface area contributed by atoms with Gasteiger partial charge in [0.25, 0.3) is 0 Å². The first-order valence-electron chi connectivity index (χ1n) is 5.96. The molecule has 0 saturated heterocycles. The molecule has 6 nitrogen and oxygen atoms in total. The fraction of sp³-hybridized carbons (Fsp3) is 0.636. The molecule has 106 valence electrons. The van der Waals surface area contributed by atoms with E-state index in [1.807, 2.05) is 18.7 Å². The maximum Gasteiger partial charge on any atom is 0.306 e. The van der Waals surface area contributed by atoms with Gasteiger partial charge in [0.05, 0.1) is 13.5 Å². The molecule has 0 amide bonds. The highest BCUT2D eigenvalue weighted by Crippen LogP contribution is 2.19. The van der Waals surface area contributed by atoms with Gasteiger partial charge in [-0.3, -0.25) is 4.79 Å². The van der Waals surface area contributed by atoms with Crippen LogP contribution in [0.25, 0.3) is 0 Å². The number of aromatic nitrogens is 3. The number of nitrogens with zero attached hydrogens (tertiary/aromatic N) is 4. The number of ether oxygens (including phenoxy) is 1. The topological polar surface area (TPSA) is 68.2 Å². The first-order valence-corrected chi connectivity index (χ1v) is 7.33. The Morgan fingerprint density at radius 2 is 2.00 bits per heavy atom. The van der Waals surface area contributed by atoms with E-state index in [4.69, 9.17) is 11.6 Å². The molecule has 0 spiro atoms. The van der Waals surface area contributed by atoms with Crippen LogP contribution in [0.3, 0.4) is 0 Å². The molecule has 0 unspecified atom stereocenters. The quantitative estimate of drug-likeness (QED) is 0.564. The van der Waals surface area contributed by atoms with Gasteiger partial charge in [0.15, 0.2) is 5.16 Å². The summed E-state index contributed by atoms with van der Waals surface area (Å²) in [5.41, 5.74) is 0. The molecule has 0 bridgehead atoms. The molecule has 1 heterocycles. The van der Waals surface area contributed by atoms with E-state index >= 15 is 0 Å². The van der Waals surface area contributed by atoms with E-state index in [0.29, 0.717) is 23.3 Å². The van der Waals surface area contributed by atoms with Gasteiger partial charge in [-0.15, -0.1) is 0 Å². The normalized spacial score (nSPS) is 10.3. The fourth-order valence-electron chi connectivity index (χ4n) is 1.36. The van der Waals surface area contributed by atoms with Crippen molar-refractivity contribution >= 4 is 35.3 Å². The molecule has 0 aliphatic heterocycles. The lowest BCUT2D eigenvalue weighted by Crippen LogP contribution is -2.24. The average Bonchev–Trinajstić information content (AvgIpc) is 2.39. The van der Waals surface area contributed by atoms with Crippen LogP contribution in [0.1, 0.15) is 20.3 Å². The molecule has 1 aromatic rings. The third-order valence-electron chi connectivity index (χ3n) is 2.39. The Morgan fingerprint density at radius 1 is 1.32 bits per heavy atom. The number of halogens is 1. The summed E-state index contributed by atoms with van der Waals surface area (Å²) in [6.07, 6.45) is 0.311. The maximum absolute atomic E-state index is 11.0. The van der Waals surface area contributed by atoms with Crippen LogP contribution in [0.2, 0.25) is 5.28 Å². The first-order chi connectivity index (χ1) is 9.10. The molecule has 0 aromatic carbocycles. The van der Waals surface area contributed by atoms with Crippen LogP contribution in [0.15, 0.2) is 5.16 Å². The molecule has 0 aliphatic rings. The van der Waals surface area contributed by atoms with Crippen molar-refractivity contribution in [3.63, 3.8) is 0 Å². The van der Waals surface area contributed by atoms with Crippen LogP contribution in [-0.4, -0.2) is 46.9 Å². The Kier molecular flexibility index (Phi) is 6.86. The van der Waals surface area contributed by atoms with E-state index in [1.54, 1.807) is 0 Å². The highest BCUT2D eigenvalue weighted by molar-refractivity contribution is 7.99. The minimum absolute atomic E-state index is 0.164. The minimum Gasteiger partial charge on any atom is -0.469 e. The molecule has 0 N–H and O–H groups in total. The standard InChI is InChI=1S/C11H17ClN4O2S/c1-4-16(5-2)10-13-9(12)14-11(15-10)19-7-6-8(17)18-3/h4-7H2,1-3H3. The van der Waals surface area contributed by atoms with Gasteiger partial charge in [-0.2, -0.15) is 15.0 Å². The lowest BCUT2D eigenvalue weighted by Gasteiger charge is -2.18. The molecule has 0 aliphatic carbocycles. The Hall–Kier alpha value is -1.08. The van der Waals surface area contributed by atoms with Gasteiger partial charge in [-0.05, 0) is 25.4 Å². The lowest BCUT2D eigenvalue weighted by atomic mass is 10.5. The van der Waals surface area contributed by atoms with Gasteiger partial charge in [0, 0.05) is 18.8 Å². The number of carbonyl (C=O) groups is 1. The monoisotopic (exact) mass is 304 g/mol. The van der Waals surface area contributed by atoms with Gasteiger partial charge < -0.3 is 9.64 Å². The summed E-state index contributed by atoms with van der Waals surface area (Å²) in [7, 11) is 1.37. The van der Waals surface area contributed by atoms with E-state index in [1.165, 1.54) is 18.9 Å². The summed E-state index contributed by atoms with van der Waals surface area (Å²) in [6, 6.07) is 0. The van der Waals surface area contributed by atoms with Gasteiger partial charge in [0.1, 0.15) is 0 Å². The predicted molar refractivity (Wildman–Crippen MR) is 75.8 cm³/mol. The zero-order chi connectivity index (χ0) is 14.3. The second-order valence-corrected chi connectivity index (χ2v) is 4.93. The lowest BCUT2D eigenvalue weighted by molar-refractivity contribution is -0.140. The van der Waals surface area contributed by atoms with E-state index in [0.717, 1.165) is 13.1 Å². The molecule has 1 rings (SSSR count). The van der Waals surface area contributed by atoms with E-state index < -0.39 is 0 Å². The van der Waals surface area contributed by atoms with Crippen molar-refractivity contribution in [2.75, 3.05) is 30.9 Å². The average molecular weight is 305 g/mol. The molecular formula is C11H17ClN4O2S. The molecule has 0 radical (unpaired) electrons. The van der Waals surface area contributed by atoms with Gasteiger partial charge in [0.2, 0.25) is 11.2 Å². The number of rotatable bonds is 7. The third kappa shape index (κ3) is 5.20. The van der Waals surface area contributed by atoms with Crippen molar-refractivity contribution in [1.29, 1.82) is 0 Å². The zero-order valence-corrected chi connectivity index (χ0v) is 12.8. The Morgan fingerprint density at radius 3 is 2.58 bits per heavy atom. The highest BCUT2D eigenvalue weighted by atomic mass is 35.5. The second-order valence-electron chi connectivity index (χ2n) is 3.53. The van der Waals surface area contributed by atoms with Crippen molar-refractivity contribution in [2.24, 2.45) is 0 Å². The van der Waals surface area contributed by atoms with Crippen LogP contribution in [0, 0.1) is 0 Å². The molecular weight excluding hydrogens is 288 g/mol. The molecule has 0 saturated carbocycles. The second kappa shape index (κ2) is 8.16. The molecule has 0 atom stereocenters. The predicted octanol–water partition coefficient (Wildman–Crippen LogP) is 2.03. The first kappa shape index (κ1) is 16.0. The number of carbonyl (C=O) groups excluding carboxylic acids is 1. The van der Waals surface area contributed by atoms with Crippen LogP contribution >= 0.6 is 23.4 Å². The van der Waals surface area contributed by atoms with Gasteiger partial charge in [-0.1, -0.05) is 11.8 Å². The van der Waals surface area contributed by atoms with Crippen molar-refractivity contribution in [2.45, 2.75) is 25.4 Å². The van der Waals surface area contributed by atoms with Crippen molar-refractivity contribution in [3.8, 4) is 0 Å². The van der Waals surface area contributed by atoms with Gasteiger partial charge >= 0.3 is 5.97 Å². The largest absolute Gasteiger partial charge is 0.469 e. The van der Waals surface area contributed by atoms with Gasteiger partial charge in [-0.25, -0.2) is 0 Å². The Bertz CT molecular complexity index is 429. The molecule has 8 heteroatoms. The summed E-state index contributed by atoms with van der Waals surface area (Å²) < 4.78 is 4.57. The van der Waals surface area contributed by atoms with Crippen molar-refractivity contribution < 1.29 is 9.53 Å². The van der Waals surface area contributed by atoms with Crippen LogP contribution in [0.5, 0.6) is 0 Å². The van der Waals surface area contributed by atoms with Crippen molar-refractivity contribution in [3.05, 3.63) is 5.28 Å². The Balaban J connectivity index is 2.71. The number of hydrogen-bond donors (Lipinski definition) is 0. The number of hydrogen-bond acceptors (Lipinski definition) is 7. The van der Waals surface area contributed by atoms with Crippen molar-refractivity contribution in [1.82, 2.24) is 15.0 Å². The number of thioether (sulfide) groups is 1. The van der Waals surface area contributed by atoms with E-state index in [2.05, 4.69) is 19.7 Å². The summed E-state index contributed by atoms with van der Waals surface area (Å²) in [4.78, 5) is 25.5. The van der Waals surface area contributed by atoms with Crippen LogP contribution in [0.4, 0.5) is 5.95 Å². The Labute approximate surface area is 121 Å². The third-order valence-corrected chi connectivity index (χ3v) is 3.41. The fourth-order valence-corrected chi connectivity index (χ4v) is 2.32. The maximum atomic E-state index is 11.0. The molecule has 19 heavy (non-hydrogen) atoms. The summed E-state index contributed by atoms with van der Waals surface area (Å²) >= 11 is 7.24. The summed E-state index contributed by atoms with van der Waals surface area (Å²) in [6.45, 7) is 5.63.